The molecule has 0 saturated heterocycles. The molecule has 0 aliphatic rings. The lowest BCUT2D eigenvalue weighted by molar-refractivity contribution is -0.136. The third-order valence-corrected chi connectivity index (χ3v) is 6.99. The summed E-state index contributed by atoms with van der Waals surface area (Å²) in [5.41, 5.74) is 1.85. The van der Waals surface area contributed by atoms with E-state index in [0.717, 1.165) is 22.8 Å². The van der Waals surface area contributed by atoms with Gasteiger partial charge in [0.15, 0.2) is 0 Å². The van der Waals surface area contributed by atoms with Gasteiger partial charge < -0.3 is 5.11 Å². The normalized spacial score (nSPS) is 15.3. The van der Waals surface area contributed by atoms with E-state index in [1.165, 1.54) is 6.07 Å². The number of benzene rings is 2. The van der Waals surface area contributed by atoms with E-state index >= 15 is 0 Å². The Morgan fingerprint density at radius 1 is 0.963 bits per heavy atom. The summed E-state index contributed by atoms with van der Waals surface area (Å²) in [6, 6.07) is 9.67. The lowest BCUT2D eigenvalue weighted by Gasteiger charge is -2.33. The zero-order chi connectivity index (χ0) is 20.6. The fraction of sp³-hybridized carbons (Fsp3) is 0.455. The van der Waals surface area contributed by atoms with Gasteiger partial charge in [-0.2, -0.15) is 13.2 Å². The van der Waals surface area contributed by atoms with Crippen LogP contribution < -0.4 is 5.30 Å². The average molecular weight is 396 g/mol. The number of aryl methyl sites for hydroxylation is 1. The molecule has 148 valence electrons. The zero-order valence-corrected chi connectivity index (χ0v) is 17.8. The minimum atomic E-state index is -4.39. The van der Waals surface area contributed by atoms with Crippen molar-refractivity contribution < 1.29 is 18.3 Å². The topological polar surface area (TPSA) is 20.2 Å². The second-order valence-electron chi connectivity index (χ2n) is 8.29. The maximum absolute atomic E-state index is 13.4. The van der Waals surface area contributed by atoms with Gasteiger partial charge in [0.1, 0.15) is 5.75 Å². The quantitative estimate of drug-likeness (QED) is 0.574. The first kappa shape index (κ1) is 21.8. The lowest BCUT2D eigenvalue weighted by atomic mass is 9.82. The molecule has 0 spiro atoms. The number of aromatic hydroxyl groups is 1. The van der Waals surface area contributed by atoms with Crippen LogP contribution in [0.2, 0.25) is 0 Å². The fourth-order valence-corrected chi connectivity index (χ4v) is 4.75. The molecule has 0 aliphatic carbocycles. The molecule has 0 aromatic heterocycles. The molecule has 0 saturated carbocycles. The van der Waals surface area contributed by atoms with Gasteiger partial charge in [0.05, 0.1) is 5.56 Å². The van der Waals surface area contributed by atoms with Crippen LogP contribution in [-0.2, 0) is 16.7 Å². The molecule has 0 aliphatic heterocycles. The third kappa shape index (κ3) is 4.66. The summed E-state index contributed by atoms with van der Waals surface area (Å²) in [5.74, 6) is 0.185. The van der Waals surface area contributed by atoms with Gasteiger partial charge in [-0.15, -0.1) is 0 Å². The van der Waals surface area contributed by atoms with E-state index < -0.39 is 16.9 Å². The van der Waals surface area contributed by atoms with Crippen molar-refractivity contribution in [1.82, 2.24) is 0 Å². The number of phenolic OH excluding ortho intramolecular Hbond substituents is 1. The first-order valence-electron chi connectivity index (χ1n) is 9.08. The molecule has 0 bridgehead atoms. The van der Waals surface area contributed by atoms with Crippen molar-refractivity contribution in [2.45, 2.75) is 64.7 Å². The summed E-state index contributed by atoms with van der Waals surface area (Å²) in [6.07, 6.45) is -3.76. The molecular weight excluding hydrogens is 368 g/mol. The number of hydrogen-bond acceptors (Lipinski definition) is 1. The van der Waals surface area contributed by atoms with Gasteiger partial charge in [0, 0.05) is 10.7 Å². The van der Waals surface area contributed by atoms with Gasteiger partial charge in [-0.3, -0.25) is 0 Å². The molecule has 5 heteroatoms. The van der Waals surface area contributed by atoms with Crippen LogP contribution in [0.15, 0.2) is 36.4 Å². The highest BCUT2D eigenvalue weighted by Gasteiger charge is 2.37. The van der Waals surface area contributed by atoms with Crippen molar-refractivity contribution in [3.63, 3.8) is 0 Å². The monoisotopic (exact) mass is 396 g/mol. The van der Waals surface area contributed by atoms with Crippen LogP contribution in [-0.4, -0.2) is 5.11 Å². The van der Waals surface area contributed by atoms with Gasteiger partial charge >= 0.3 is 6.18 Å². The number of alkyl halides is 3. The van der Waals surface area contributed by atoms with Crippen molar-refractivity contribution in [2.75, 3.05) is 0 Å². The second kappa shape index (κ2) is 7.47. The molecule has 1 nitrogen and oxygen atoms in total. The summed E-state index contributed by atoms with van der Waals surface area (Å²) < 4.78 is 40.3. The van der Waals surface area contributed by atoms with Crippen molar-refractivity contribution in [1.29, 1.82) is 0 Å². The van der Waals surface area contributed by atoms with Gasteiger partial charge in [-0.05, 0) is 41.3 Å². The van der Waals surface area contributed by atoms with E-state index in [9.17, 15) is 18.3 Å². The summed E-state index contributed by atoms with van der Waals surface area (Å²) in [4.78, 5) is 0. The van der Waals surface area contributed by atoms with Gasteiger partial charge in [-0.25, -0.2) is 0 Å². The van der Waals surface area contributed by atoms with E-state index in [-0.39, 0.29) is 25.0 Å². The molecule has 0 heterocycles. The standard InChI is InChI=1S/C22H28F3OP/c1-7-21(6,27-18-11-9-8-10-16(18)22(23,24)25)17-13-15(20(3,4)5)12-14(2)19(17)26/h8-13,26-27H,7H2,1-6H3. The number of halogens is 3. The van der Waals surface area contributed by atoms with E-state index in [4.69, 9.17) is 0 Å². The SMILES string of the molecule is CCC(C)(Pc1ccccc1C(F)(F)F)c1cc(C(C)(C)C)cc(C)c1O. The van der Waals surface area contributed by atoms with Crippen LogP contribution >= 0.6 is 8.58 Å². The Balaban J connectivity index is 2.61. The summed E-state index contributed by atoms with van der Waals surface area (Å²) >= 11 is 0. The van der Waals surface area contributed by atoms with E-state index in [1.54, 1.807) is 12.1 Å². The summed E-state index contributed by atoms with van der Waals surface area (Å²) in [7, 11) is -0.109. The van der Waals surface area contributed by atoms with Crippen molar-refractivity contribution >= 4 is 13.9 Å². The predicted octanol–water partition coefficient (Wildman–Crippen LogP) is 6.65. The lowest BCUT2D eigenvalue weighted by Crippen LogP contribution is -2.24. The van der Waals surface area contributed by atoms with Crippen molar-refractivity contribution in [3.8, 4) is 5.75 Å². The predicted molar refractivity (Wildman–Crippen MR) is 109 cm³/mol. The Morgan fingerprint density at radius 2 is 1.56 bits per heavy atom. The van der Waals surface area contributed by atoms with Gasteiger partial charge in [-0.1, -0.05) is 73.5 Å². The highest BCUT2D eigenvalue weighted by molar-refractivity contribution is 7.48. The molecule has 1 N–H and O–H groups in total. The van der Waals surface area contributed by atoms with Gasteiger partial charge in [0.25, 0.3) is 0 Å². The fourth-order valence-electron chi connectivity index (χ4n) is 3.12. The van der Waals surface area contributed by atoms with E-state index in [0.29, 0.717) is 6.42 Å². The van der Waals surface area contributed by atoms with Crippen LogP contribution in [0.3, 0.4) is 0 Å². The third-order valence-electron chi connectivity index (χ3n) is 5.11. The average Bonchev–Trinajstić information content (AvgIpc) is 2.55. The van der Waals surface area contributed by atoms with Crippen LogP contribution in [0.1, 0.15) is 63.3 Å². The Labute approximate surface area is 161 Å². The Morgan fingerprint density at radius 3 is 2.07 bits per heavy atom. The van der Waals surface area contributed by atoms with E-state index in [1.807, 2.05) is 32.9 Å². The molecule has 2 aromatic rings. The number of rotatable bonds is 4. The molecule has 27 heavy (non-hydrogen) atoms. The molecule has 2 rings (SSSR count). The highest BCUT2D eigenvalue weighted by atomic mass is 31.1. The first-order valence-corrected chi connectivity index (χ1v) is 10.1. The molecule has 2 aromatic carbocycles. The van der Waals surface area contributed by atoms with Crippen LogP contribution in [0, 0.1) is 6.92 Å². The minimum Gasteiger partial charge on any atom is -0.507 e. The maximum atomic E-state index is 13.4. The van der Waals surface area contributed by atoms with Crippen LogP contribution in [0.5, 0.6) is 5.75 Å². The Hall–Kier alpha value is -1.54. The molecule has 0 amide bonds. The first-order chi connectivity index (χ1) is 12.3. The molecule has 0 radical (unpaired) electrons. The van der Waals surface area contributed by atoms with Gasteiger partial charge in [0.2, 0.25) is 0 Å². The Kier molecular flexibility index (Phi) is 6.02. The van der Waals surface area contributed by atoms with Crippen LogP contribution in [0.25, 0.3) is 0 Å². The second-order valence-corrected chi connectivity index (χ2v) is 10.2. The Bertz CT molecular complexity index is 821. The molecular formula is C22H28F3OP. The minimum absolute atomic E-state index is 0.109. The maximum Gasteiger partial charge on any atom is 0.417 e. The number of hydrogen-bond donors (Lipinski definition) is 1. The van der Waals surface area contributed by atoms with E-state index in [2.05, 4.69) is 20.8 Å². The molecule has 2 unspecified atom stereocenters. The van der Waals surface area contributed by atoms with Crippen LogP contribution in [0.4, 0.5) is 13.2 Å². The molecule has 2 atom stereocenters. The molecule has 0 fully saturated rings. The summed E-state index contributed by atoms with van der Waals surface area (Å²) in [6.45, 7) is 12.0. The van der Waals surface area contributed by atoms with Crippen molar-refractivity contribution in [3.05, 3.63) is 58.7 Å². The largest absolute Gasteiger partial charge is 0.507 e. The smallest absolute Gasteiger partial charge is 0.417 e. The highest BCUT2D eigenvalue weighted by Crippen LogP contribution is 2.50. The number of phenols is 1. The zero-order valence-electron chi connectivity index (χ0n) is 16.8. The van der Waals surface area contributed by atoms with Crippen molar-refractivity contribution in [2.24, 2.45) is 0 Å². The summed E-state index contributed by atoms with van der Waals surface area (Å²) in [5, 5.41) is 10.4.